The smallest absolute Gasteiger partial charge is 0.411 e. The van der Waals surface area contributed by atoms with Crippen LogP contribution in [0.15, 0.2) is 18.2 Å². The third-order valence-electron chi connectivity index (χ3n) is 2.22. The number of ether oxygens (including phenoxy) is 3. The molecule has 0 saturated carbocycles. The molecule has 0 saturated heterocycles. The van der Waals surface area contributed by atoms with Crippen molar-refractivity contribution < 1.29 is 27.4 Å². The van der Waals surface area contributed by atoms with Gasteiger partial charge in [-0.3, -0.25) is 0 Å². The quantitative estimate of drug-likeness (QED) is 0.410. The number of halogens is 4. The first kappa shape index (κ1) is 16.9. The summed E-state index contributed by atoms with van der Waals surface area (Å²) in [5.74, 6) is 1.12. The lowest BCUT2D eigenvalue weighted by atomic mass is 10.2. The summed E-state index contributed by atoms with van der Waals surface area (Å²) in [6.07, 6.45) is -3.52. The topological polar surface area (TPSA) is 27.7 Å². The van der Waals surface area contributed by atoms with Gasteiger partial charge in [0.05, 0.1) is 12.5 Å². The van der Waals surface area contributed by atoms with E-state index in [-0.39, 0.29) is 5.88 Å². The van der Waals surface area contributed by atoms with Crippen LogP contribution < -0.4 is 9.47 Å². The second-order valence-corrected chi connectivity index (χ2v) is 4.24. The maximum atomic E-state index is 11.9. The molecule has 0 unspecified atom stereocenters. The Labute approximate surface area is 120 Å². The predicted molar refractivity (Wildman–Crippen MR) is 69.3 cm³/mol. The number of hydrogen-bond donors (Lipinski definition) is 0. The van der Waals surface area contributed by atoms with Gasteiger partial charge in [0.25, 0.3) is 0 Å². The third-order valence-corrected chi connectivity index (χ3v) is 2.51. The van der Waals surface area contributed by atoms with Gasteiger partial charge < -0.3 is 14.2 Å². The average Bonchev–Trinajstić information content (AvgIpc) is 2.40. The summed E-state index contributed by atoms with van der Waals surface area (Å²) in [5.41, 5.74) is 0.658. The van der Waals surface area contributed by atoms with Crippen molar-refractivity contribution in [3.63, 3.8) is 0 Å². The van der Waals surface area contributed by atoms with E-state index in [0.717, 1.165) is 6.42 Å². The summed E-state index contributed by atoms with van der Waals surface area (Å²) in [6, 6.07) is 5.03. The molecular formula is C13H16ClF3O3. The fourth-order valence-electron chi connectivity index (χ4n) is 1.35. The standard InChI is InChI=1S/C13H16ClF3O3/c1-2-5-19-11-4-3-10(7-14)12(6-11)20-9-18-8-13(15,16)17/h3-4,6H,2,5,7-9H2,1H3. The Hall–Kier alpha value is -1.14. The summed E-state index contributed by atoms with van der Waals surface area (Å²) in [4.78, 5) is 0. The second-order valence-electron chi connectivity index (χ2n) is 3.98. The highest BCUT2D eigenvalue weighted by molar-refractivity contribution is 6.17. The van der Waals surface area contributed by atoms with Crippen LogP contribution in [-0.2, 0) is 10.6 Å². The average molecular weight is 313 g/mol. The Kier molecular flexibility index (Phi) is 6.95. The molecule has 20 heavy (non-hydrogen) atoms. The lowest BCUT2D eigenvalue weighted by Gasteiger charge is -2.13. The minimum atomic E-state index is -4.37. The molecule has 0 N–H and O–H groups in total. The Morgan fingerprint density at radius 1 is 1.20 bits per heavy atom. The minimum Gasteiger partial charge on any atom is -0.493 e. The van der Waals surface area contributed by atoms with E-state index in [9.17, 15) is 13.2 Å². The predicted octanol–water partition coefficient (Wildman–Crippen LogP) is 4.13. The summed E-state index contributed by atoms with van der Waals surface area (Å²) >= 11 is 5.73. The van der Waals surface area contributed by atoms with Crippen molar-refractivity contribution in [1.82, 2.24) is 0 Å². The van der Waals surface area contributed by atoms with Crippen LogP contribution in [0.2, 0.25) is 0 Å². The summed E-state index contributed by atoms with van der Waals surface area (Å²) in [7, 11) is 0. The van der Waals surface area contributed by atoms with Gasteiger partial charge in [0.1, 0.15) is 18.1 Å². The lowest BCUT2D eigenvalue weighted by molar-refractivity contribution is -0.186. The molecule has 0 bridgehead atoms. The zero-order valence-corrected chi connectivity index (χ0v) is 11.8. The van der Waals surface area contributed by atoms with Gasteiger partial charge in [-0.15, -0.1) is 11.6 Å². The van der Waals surface area contributed by atoms with Crippen LogP contribution >= 0.6 is 11.6 Å². The maximum Gasteiger partial charge on any atom is 0.411 e. The molecule has 1 rings (SSSR count). The van der Waals surface area contributed by atoms with Gasteiger partial charge in [0.2, 0.25) is 0 Å². The molecule has 0 aliphatic heterocycles. The van der Waals surface area contributed by atoms with Crippen LogP contribution in [0.25, 0.3) is 0 Å². The van der Waals surface area contributed by atoms with Gasteiger partial charge in [-0.25, -0.2) is 0 Å². The van der Waals surface area contributed by atoms with Crippen LogP contribution in [0.4, 0.5) is 13.2 Å². The minimum absolute atomic E-state index is 0.183. The fraction of sp³-hybridized carbons (Fsp3) is 0.538. The molecule has 0 amide bonds. The Balaban J connectivity index is 2.57. The van der Waals surface area contributed by atoms with E-state index in [1.165, 1.54) is 0 Å². The van der Waals surface area contributed by atoms with Crippen molar-refractivity contribution in [2.24, 2.45) is 0 Å². The summed E-state index contributed by atoms with van der Waals surface area (Å²) in [6.45, 7) is 0.662. The number of rotatable bonds is 8. The monoisotopic (exact) mass is 312 g/mol. The first-order valence-electron chi connectivity index (χ1n) is 6.05. The second kappa shape index (κ2) is 8.21. The van der Waals surface area contributed by atoms with Crippen molar-refractivity contribution in [2.45, 2.75) is 25.4 Å². The summed E-state index contributed by atoms with van der Waals surface area (Å²) < 4.78 is 50.7. The first-order valence-corrected chi connectivity index (χ1v) is 6.58. The van der Waals surface area contributed by atoms with Gasteiger partial charge in [0, 0.05) is 11.6 Å². The van der Waals surface area contributed by atoms with E-state index in [4.69, 9.17) is 21.1 Å². The molecule has 3 nitrogen and oxygen atoms in total. The molecule has 1 aromatic rings. The van der Waals surface area contributed by atoms with E-state index in [1.807, 2.05) is 6.92 Å². The molecule has 0 aliphatic rings. The molecule has 0 spiro atoms. The highest BCUT2D eigenvalue weighted by atomic mass is 35.5. The van der Waals surface area contributed by atoms with Gasteiger partial charge in [-0.2, -0.15) is 13.2 Å². The van der Waals surface area contributed by atoms with Gasteiger partial charge in [-0.05, 0) is 12.5 Å². The van der Waals surface area contributed by atoms with E-state index in [0.29, 0.717) is 23.7 Å². The van der Waals surface area contributed by atoms with E-state index in [1.54, 1.807) is 18.2 Å². The van der Waals surface area contributed by atoms with Crippen molar-refractivity contribution >= 4 is 11.6 Å². The van der Waals surface area contributed by atoms with Gasteiger partial charge >= 0.3 is 6.18 Å². The summed E-state index contributed by atoms with van der Waals surface area (Å²) in [5, 5.41) is 0. The first-order chi connectivity index (χ1) is 9.46. The van der Waals surface area contributed by atoms with Crippen LogP contribution in [-0.4, -0.2) is 26.2 Å². The van der Waals surface area contributed by atoms with Crippen molar-refractivity contribution in [1.29, 1.82) is 0 Å². The van der Waals surface area contributed by atoms with Crippen LogP contribution in [0.3, 0.4) is 0 Å². The molecule has 7 heteroatoms. The SMILES string of the molecule is CCCOc1ccc(CCl)c(OCOCC(F)(F)F)c1. The van der Waals surface area contributed by atoms with E-state index in [2.05, 4.69) is 4.74 Å². The zero-order valence-electron chi connectivity index (χ0n) is 11.0. The molecule has 0 radical (unpaired) electrons. The molecule has 0 heterocycles. The van der Waals surface area contributed by atoms with Crippen molar-refractivity contribution in [3.05, 3.63) is 23.8 Å². The van der Waals surface area contributed by atoms with Crippen molar-refractivity contribution in [3.8, 4) is 11.5 Å². The molecule has 0 aliphatic carbocycles. The number of benzene rings is 1. The highest BCUT2D eigenvalue weighted by Gasteiger charge is 2.27. The number of hydrogen-bond acceptors (Lipinski definition) is 3. The highest BCUT2D eigenvalue weighted by Crippen LogP contribution is 2.26. The molecule has 0 fully saturated rings. The molecule has 114 valence electrons. The van der Waals surface area contributed by atoms with Crippen LogP contribution in [0, 0.1) is 0 Å². The normalized spacial score (nSPS) is 11.4. The van der Waals surface area contributed by atoms with Gasteiger partial charge in [-0.1, -0.05) is 13.0 Å². The third kappa shape index (κ3) is 6.34. The molecule has 0 atom stereocenters. The molecule has 1 aromatic carbocycles. The maximum absolute atomic E-state index is 11.9. The zero-order chi connectivity index (χ0) is 15.0. The fourth-order valence-corrected chi connectivity index (χ4v) is 1.57. The Morgan fingerprint density at radius 3 is 2.55 bits per heavy atom. The van der Waals surface area contributed by atoms with E-state index < -0.39 is 19.6 Å². The van der Waals surface area contributed by atoms with Crippen LogP contribution in [0.1, 0.15) is 18.9 Å². The van der Waals surface area contributed by atoms with Crippen LogP contribution in [0.5, 0.6) is 11.5 Å². The van der Waals surface area contributed by atoms with Gasteiger partial charge in [0.15, 0.2) is 6.79 Å². The molecular weight excluding hydrogens is 297 g/mol. The lowest BCUT2D eigenvalue weighted by Crippen LogP contribution is -2.19. The number of alkyl halides is 4. The molecule has 0 aromatic heterocycles. The largest absolute Gasteiger partial charge is 0.493 e. The Bertz CT molecular complexity index is 410. The van der Waals surface area contributed by atoms with Crippen molar-refractivity contribution in [2.75, 3.05) is 20.0 Å². The van der Waals surface area contributed by atoms with E-state index >= 15 is 0 Å². The Morgan fingerprint density at radius 2 is 1.95 bits per heavy atom.